The van der Waals surface area contributed by atoms with Crippen molar-refractivity contribution < 1.29 is 9.53 Å². The lowest BCUT2D eigenvalue weighted by Crippen LogP contribution is -2.37. The molecule has 1 aromatic heterocycles. The smallest absolute Gasteiger partial charge is 0.261 e. The van der Waals surface area contributed by atoms with Gasteiger partial charge in [0.2, 0.25) is 0 Å². The number of rotatable bonds is 6. The van der Waals surface area contributed by atoms with E-state index in [1.165, 1.54) is 16.9 Å². The molecule has 2 heterocycles. The molecular weight excluding hydrogens is 284 g/mol. The fourth-order valence-electron chi connectivity index (χ4n) is 3.02. The molecule has 4 nitrogen and oxygen atoms in total. The second kappa shape index (κ2) is 7.38. The SMILES string of the molecule is O=C(NCCCCN1CCOCC1)c1cc2c(s1)CCC2. The zero-order valence-corrected chi connectivity index (χ0v) is 13.3. The quantitative estimate of drug-likeness (QED) is 0.818. The molecule has 0 bridgehead atoms. The van der Waals surface area contributed by atoms with Gasteiger partial charge in [-0.1, -0.05) is 0 Å². The van der Waals surface area contributed by atoms with E-state index >= 15 is 0 Å². The molecule has 5 heteroatoms. The minimum atomic E-state index is 0.112. The van der Waals surface area contributed by atoms with Crippen molar-refractivity contribution in [3.8, 4) is 0 Å². The molecule has 21 heavy (non-hydrogen) atoms. The zero-order chi connectivity index (χ0) is 14.5. The van der Waals surface area contributed by atoms with Crippen molar-refractivity contribution in [1.29, 1.82) is 0 Å². The molecule has 1 aliphatic carbocycles. The molecule has 1 aromatic rings. The molecule has 116 valence electrons. The molecular formula is C16H24N2O2S. The summed E-state index contributed by atoms with van der Waals surface area (Å²) in [5.41, 5.74) is 1.40. The van der Waals surface area contributed by atoms with Gasteiger partial charge in [-0.25, -0.2) is 0 Å². The highest BCUT2D eigenvalue weighted by molar-refractivity contribution is 7.14. The first kappa shape index (κ1) is 15.0. The van der Waals surface area contributed by atoms with E-state index in [0.717, 1.165) is 70.0 Å². The molecule has 0 unspecified atom stereocenters. The first-order valence-corrected chi connectivity index (χ1v) is 8.84. The number of hydrogen-bond donors (Lipinski definition) is 1. The zero-order valence-electron chi connectivity index (χ0n) is 12.5. The van der Waals surface area contributed by atoms with Gasteiger partial charge in [-0.2, -0.15) is 0 Å². The van der Waals surface area contributed by atoms with E-state index in [4.69, 9.17) is 4.74 Å². The van der Waals surface area contributed by atoms with E-state index in [2.05, 4.69) is 16.3 Å². The van der Waals surface area contributed by atoms with Crippen molar-refractivity contribution in [1.82, 2.24) is 10.2 Å². The van der Waals surface area contributed by atoms with E-state index in [1.54, 1.807) is 11.3 Å². The summed E-state index contributed by atoms with van der Waals surface area (Å²) in [7, 11) is 0. The minimum absolute atomic E-state index is 0.112. The van der Waals surface area contributed by atoms with Crippen LogP contribution in [0.4, 0.5) is 0 Å². The van der Waals surface area contributed by atoms with Crippen molar-refractivity contribution >= 4 is 17.2 Å². The van der Waals surface area contributed by atoms with Crippen LogP contribution in [-0.2, 0) is 17.6 Å². The predicted molar refractivity (Wildman–Crippen MR) is 85.2 cm³/mol. The Morgan fingerprint density at radius 3 is 2.95 bits per heavy atom. The standard InChI is InChI=1S/C16H24N2O2S/c19-16(15-12-13-4-3-5-14(13)21-15)17-6-1-2-7-18-8-10-20-11-9-18/h12H,1-11H2,(H,17,19). The number of ether oxygens (including phenoxy) is 1. The number of carbonyl (C=O) groups is 1. The summed E-state index contributed by atoms with van der Waals surface area (Å²) in [5.74, 6) is 0.112. The van der Waals surface area contributed by atoms with Gasteiger partial charge in [0.05, 0.1) is 18.1 Å². The van der Waals surface area contributed by atoms with Gasteiger partial charge in [-0.05, 0) is 50.3 Å². The van der Waals surface area contributed by atoms with Gasteiger partial charge in [0.15, 0.2) is 0 Å². The normalized spacial score (nSPS) is 18.7. The summed E-state index contributed by atoms with van der Waals surface area (Å²) in [6.07, 6.45) is 5.76. The van der Waals surface area contributed by atoms with E-state index in [9.17, 15) is 4.79 Å². The van der Waals surface area contributed by atoms with Gasteiger partial charge in [-0.3, -0.25) is 9.69 Å². The van der Waals surface area contributed by atoms with Crippen LogP contribution in [0.1, 0.15) is 39.4 Å². The van der Waals surface area contributed by atoms with Crippen LogP contribution in [0.15, 0.2) is 6.07 Å². The molecule has 1 aliphatic heterocycles. The van der Waals surface area contributed by atoms with Gasteiger partial charge < -0.3 is 10.1 Å². The van der Waals surface area contributed by atoms with Crippen molar-refractivity contribution in [3.05, 3.63) is 21.4 Å². The number of hydrogen-bond acceptors (Lipinski definition) is 4. The molecule has 1 fully saturated rings. The highest BCUT2D eigenvalue weighted by Crippen LogP contribution is 2.30. The maximum absolute atomic E-state index is 12.1. The third-order valence-corrected chi connectivity index (χ3v) is 5.50. The Bertz CT molecular complexity index is 459. The predicted octanol–water partition coefficient (Wildman–Crippen LogP) is 2.08. The topological polar surface area (TPSA) is 41.6 Å². The lowest BCUT2D eigenvalue weighted by Gasteiger charge is -2.26. The van der Waals surface area contributed by atoms with Crippen molar-refractivity contribution in [2.24, 2.45) is 0 Å². The minimum Gasteiger partial charge on any atom is -0.379 e. The number of nitrogens with zero attached hydrogens (tertiary/aromatic N) is 1. The van der Waals surface area contributed by atoms with Crippen LogP contribution in [0.3, 0.4) is 0 Å². The summed E-state index contributed by atoms with van der Waals surface area (Å²) in [4.78, 5) is 16.8. The average Bonchev–Trinajstić information content (AvgIpc) is 3.09. The second-order valence-corrected chi connectivity index (χ2v) is 6.97. The molecule has 3 rings (SSSR count). The third-order valence-electron chi connectivity index (χ3n) is 4.26. The number of morpholine rings is 1. The van der Waals surface area contributed by atoms with Crippen LogP contribution in [-0.4, -0.2) is 50.2 Å². The van der Waals surface area contributed by atoms with Crippen LogP contribution in [0, 0.1) is 0 Å². The van der Waals surface area contributed by atoms with E-state index in [0.29, 0.717) is 0 Å². The Hall–Kier alpha value is -0.910. The summed E-state index contributed by atoms with van der Waals surface area (Å²) in [5, 5.41) is 3.05. The third kappa shape index (κ3) is 4.05. The molecule has 1 N–H and O–H groups in total. The monoisotopic (exact) mass is 308 g/mol. The van der Waals surface area contributed by atoms with E-state index in [-0.39, 0.29) is 5.91 Å². The lowest BCUT2D eigenvalue weighted by molar-refractivity contribution is 0.0372. The number of unbranched alkanes of at least 4 members (excludes halogenated alkanes) is 1. The number of nitrogens with one attached hydrogen (secondary N) is 1. The van der Waals surface area contributed by atoms with Gasteiger partial charge >= 0.3 is 0 Å². The number of amides is 1. The van der Waals surface area contributed by atoms with Gasteiger partial charge in [-0.15, -0.1) is 11.3 Å². The second-order valence-electron chi connectivity index (χ2n) is 5.83. The van der Waals surface area contributed by atoms with E-state index in [1.807, 2.05) is 0 Å². The lowest BCUT2D eigenvalue weighted by atomic mass is 10.2. The van der Waals surface area contributed by atoms with Gasteiger partial charge in [0, 0.05) is 24.5 Å². The van der Waals surface area contributed by atoms with Crippen LogP contribution >= 0.6 is 11.3 Å². The Morgan fingerprint density at radius 2 is 2.14 bits per heavy atom. The summed E-state index contributed by atoms with van der Waals surface area (Å²) in [6, 6.07) is 2.09. The largest absolute Gasteiger partial charge is 0.379 e. The Kier molecular flexibility index (Phi) is 5.27. The molecule has 0 atom stereocenters. The number of thiophene rings is 1. The molecule has 0 radical (unpaired) electrons. The Labute approximate surface area is 130 Å². The first-order chi connectivity index (χ1) is 10.3. The van der Waals surface area contributed by atoms with E-state index < -0.39 is 0 Å². The van der Waals surface area contributed by atoms with Gasteiger partial charge in [0.25, 0.3) is 5.91 Å². The van der Waals surface area contributed by atoms with Crippen LogP contribution in [0.5, 0.6) is 0 Å². The van der Waals surface area contributed by atoms with Crippen LogP contribution < -0.4 is 5.32 Å². The maximum atomic E-state index is 12.1. The van der Waals surface area contributed by atoms with Gasteiger partial charge in [0.1, 0.15) is 0 Å². The number of carbonyl (C=O) groups excluding carboxylic acids is 1. The van der Waals surface area contributed by atoms with Crippen molar-refractivity contribution in [2.45, 2.75) is 32.1 Å². The van der Waals surface area contributed by atoms with Crippen molar-refractivity contribution in [2.75, 3.05) is 39.4 Å². The summed E-state index contributed by atoms with van der Waals surface area (Å²) in [6.45, 7) is 5.72. The molecule has 0 spiro atoms. The fraction of sp³-hybridized carbons (Fsp3) is 0.688. The fourth-order valence-corrected chi connectivity index (χ4v) is 4.19. The van der Waals surface area contributed by atoms with Crippen molar-refractivity contribution in [3.63, 3.8) is 0 Å². The number of fused-ring (bicyclic) bond motifs is 1. The summed E-state index contributed by atoms with van der Waals surface area (Å²) >= 11 is 1.68. The maximum Gasteiger partial charge on any atom is 0.261 e. The van der Waals surface area contributed by atoms with Crippen LogP contribution in [0.2, 0.25) is 0 Å². The summed E-state index contributed by atoms with van der Waals surface area (Å²) < 4.78 is 5.34. The molecule has 1 saturated heterocycles. The van der Waals surface area contributed by atoms with Crippen LogP contribution in [0.25, 0.3) is 0 Å². The first-order valence-electron chi connectivity index (χ1n) is 8.03. The number of aryl methyl sites for hydroxylation is 2. The average molecular weight is 308 g/mol. The molecule has 2 aliphatic rings. The molecule has 1 amide bonds. The highest BCUT2D eigenvalue weighted by atomic mass is 32.1. The Balaban J connectivity index is 1.32. The highest BCUT2D eigenvalue weighted by Gasteiger charge is 2.18. The molecule has 0 saturated carbocycles. The Morgan fingerprint density at radius 1 is 1.29 bits per heavy atom. The molecule has 0 aromatic carbocycles.